The molecular weight excluding hydrogens is 262 g/mol. The minimum Gasteiger partial charge on any atom is -0.451 e. The van der Waals surface area contributed by atoms with Crippen molar-refractivity contribution in [2.45, 2.75) is 38.6 Å². The standard InChI is InChI=1S/C14H19NO3S/c1-10-4-6-11(7-5-10)15-13(16)9-18-14(17)12-3-2-8-19-12/h2-3,8,10-11H,4-7,9H2,1H3,(H,15,16). The van der Waals surface area contributed by atoms with Crippen LogP contribution in [0.4, 0.5) is 0 Å². The maximum absolute atomic E-state index is 11.7. The molecule has 1 aromatic heterocycles. The zero-order valence-electron chi connectivity index (χ0n) is 11.1. The van der Waals surface area contributed by atoms with Crippen molar-refractivity contribution in [3.8, 4) is 0 Å². The minimum absolute atomic E-state index is 0.192. The van der Waals surface area contributed by atoms with E-state index in [0.717, 1.165) is 31.6 Å². The summed E-state index contributed by atoms with van der Waals surface area (Å²) in [5.74, 6) is 0.122. The third-order valence-electron chi connectivity index (χ3n) is 3.44. The Morgan fingerprint density at radius 1 is 1.37 bits per heavy atom. The Bertz CT molecular complexity index is 422. The molecule has 1 aliphatic rings. The maximum Gasteiger partial charge on any atom is 0.348 e. The lowest BCUT2D eigenvalue weighted by molar-refractivity contribution is -0.125. The van der Waals surface area contributed by atoms with Crippen molar-refractivity contribution < 1.29 is 14.3 Å². The van der Waals surface area contributed by atoms with Gasteiger partial charge in [0.15, 0.2) is 6.61 Å². The van der Waals surface area contributed by atoms with Gasteiger partial charge in [0, 0.05) is 6.04 Å². The molecule has 1 heterocycles. The summed E-state index contributed by atoms with van der Waals surface area (Å²) in [6.45, 7) is 2.05. The molecule has 1 N–H and O–H groups in total. The van der Waals surface area contributed by atoms with Crippen LogP contribution in [0.1, 0.15) is 42.3 Å². The number of rotatable bonds is 4. The molecule has 1 aliphatic carbocycles. The van der Waals surface area contributed by atoms with Gasteiger partial charge in [0.1, 0.15) is 4.88 Å². The molecule has 1 amide bonds. The predicted molar refractivity (Wildman–Crippen MR) is 74.2 cm³/mol. The molecule has 0 atom stereocenters. The summed E-state index contributed by atoms with van der Waals surface area (Å²) >= 11 is 1.31. The van der Waals surface area contributed by atoms with Crippen LogP contribution in [0.5, 0.6) is 0 Å². The fraction of sp³-hybridized carbons (Fsp3) is 0.571. The lowest BCUT2D eigenvalue weighted by Gasteiger charge is -2.26. The van der Waals surface area contributed by atoms with E-state index in [0.29, 0.717) is 4.88 Å². The average molecular weight is 281 g/mol. The number of esters is 1. The SMILES string of the molecule is CC1CCC(NC(=O)COC(=O)c2cccs2)CC1. The van der Waals surface area contributed by atoms with E-state index in [2.05, 4.69) is 12.2 Å². The zero-order valence-corrected chi connectivity index (χ0v) is 11.9. The van der Waals surface area contributed by atoms with Gasteiger partial charge in [0.05, 0.1) is 0 Å². The molecule has 1 aromatic rings. The maximum atomic E-state index is 11.7. The number of carbonyl (C=O) groups is 2. The van der Waals surface area contributed by atoms with Gasteiger partial charge in [0.25, 0.3) is 5.91 Å². The van der Waals surface area contributed by atoms with Gasteiger partial charge in [-0.3, -0.25) is 4.79 Å². The fourth-order valence-corrected chi connectivity index (χ4v) is 2.89. The quantitative estimate of drug-likeness (QED) is 0.863. The highest BCUT2D eigenvalue weighted by Gasteiger charge is 2.20. The van der Waals surface area contributed by atoms with Gasteiger partial charge in [-0.05, 0) is 43.0 Å². The third-order valence-corrected chi connectivity index (χ3v) is 4.29. The number of nitrogens with one attached hydrogen (secondary N) is 1. The van der Waals surface area contributed by atoms with Crippen LogP contribution in [-0.2, 0) is 9.53 Å². The minimum atomic E-state index is -0.428. The highest BCUT2D eigenvalue weighted by atomic mass is 32.1. The summed E-state index contributed by atoms with van der Waals surface area (Å²) in [6, 6.07) is 3.71. The zero-order chi connectivity index (χ0) is 13.7. The number of hydrogen-bond donors (Lipinski definition) is 1. The molecular formula is C14H19NO3S. The second kappa shape index (κ2) is 6.70. The van der Waals surface area contributed by atoms with Gasteiger partial charge in [0.2, 0.25) is 0 Å². The van der Waals surface area contributed by atoms with E-state index in [1.54, 1.807) is 17.5 Å². The second-order valence-corrected chi connectivity index (χ2v) is 6.03. The van der Waals surface area contributed by atoms with Crippen molar-refractivity contribution in [3.63, 3.8) is 0 Å². The van der Waals surface area contributed by atoms with Gasteiger partial charge in [-0.25, -0.2) is 4.79 Å². The highest BCUT2D eigenvalue weighted by molar-refractivity contribution is 7.11. The molecule has 19 heavy (non-hydrogen) atoms. The highest BCUT2D eigenvalue weighted by Crippen LogP contribution is 2.23. The van der Waals surface area contributed by atoms with Crippen molar-refractivity contribution in [1.82, 2.24) is 5.32 Å². The van der Waals surface area contributed by atoms with Crippen molar-refractivity contribution in [2.75, 3.05) is 6.61 Å². The molecule has 0 spiro atoms. The van der Waals surface area contributed by atoms with Gasteiger partial charge in [-0.1, -0.05) is 13.0 Å². The number of carbonyl (C=O) groups excluding carboxylic acids is 2. The molecule has 104 valence electrons. The lowest BCUT2D eigenvalue weighted by Crippen LogP contribution is -2.39. The van der Waals surface area contributed by atoms with Crippen LogP contribution in [0.25, 0.3) is 0 Å². The predicted octanol–water partition coefficient (Wildman–Crippen LogP) is 2.60. The molecule has 4 nitrogen and oxygen atoms in total. The molecule has 0 aliphatic heterocycles. The van der Waals surface area contributed by atoms with Crippen molar-refractivity contribution in [3.05, 3.63) is 22.4 Å². The molecule has 5 heteroatoms. The Balaban J connectivity index is 1.69. The molecule has 2 rings (SSSR count). The van der Waals surface area contributed by atoms with Crippen LogP contribution in [-0.4, -0.2) is 24.5 Å². The van der Waals surface area contributed by atoms with Crippen LogP contribution in [0.15, 0.2) is 17.5 Å². The van der Waals surface area contributed by atoms with Gasteiger partial charge < -0.3 is 10.1 Å². The smallest absolute Gasteiger partial charge is 0.348 e. The van der Waals surface area contributed by atoms with E-state index in [4.69, 9.17) is 4.74 Å². The van der Waals surface area contributed by atoms with Gasteiger partial charge in [-0.15, -0.1) is 11.3 Å². The fourth-order valence-electron chi connectivity index (χ4n) is 2.27. The van der Waals surface area contributed by atoms with E-state index in [9.17, 15) is 9.59 Å². The van der Waals surface area contributed by atoms with E-state index in [-0.39, 0.29) is 18.6 Å². The first-order chi connectivity index (χ1) is 9.15. The van der Waals surface area contributed by atoms with E-state index in [1.165, 1.54) is 11.3 Å². The van der Waals surface area contributed by atoms with Crippen LogP contribution < -0.4 is 5.32 Å². The molecule has 0 aromatic carbocycles. The topological polar surface area (TPSA) is 55.4 Å². The summed E-state index contributed by atoms with van der Waals surface area (Å²) in [6.07, 6.45) is 4.34. The largest absolute Gasteiger partial charge is 0.451 e. The number of thiophene rings is 1. The van der Waals surface area contributed by atoms with Crippen LogP contribution in [0, 0.1) is 5.92 Å². The summed E-state index contributed by atoms with van der Waals surface area (Å²) in [7, 11) is 0. The number of ether oxygens (including phenoxy) is 1. The molecule has 0 unspecified atom stereocenters. The molecule has 1 fully saturated rings. The third kappa shape index (κ3) is 4.35. The monoisotopic (exact) mass is 281 g/mol. The summed E-state index contributed by atoms with van der Waals surface area (Å²) < 4.78 is 4.97. The van der Waals surface area contributed by atoms with E-state index in [1.807, 2.05) is 0 Å². The Hall–Kier alpha value is -1.36. The van der Waals surface area contributed by atoms with Crippen LogP contribution in [0.2, 0.25) is 0 Å². The van der Waals surface area contributed by atoms with Crippen LogP contribution in [0.3, 0.4) is 0 Å². The average Bonchev–Trinajstić information content (AvgIpc) is 2.93. The molecule has 0 radical (unpaired) electrons. The number of amides is 1. The number of hydrogen-bond acceptors (Lipinski definition) is 4. The summed E-state index contributed by atoms with van der Waals surface area (Å²) in [4.78, 5) is 23.8. The van der Waals surface area contributed by atoms with E-state index < -0.39 is 5.97 Å². The normalized spacial score (nSPS) is 22.8. The van der Waals surface area contributed by atoms with Crippen molar-refractivity contribution in [2.24, 2.45) is 5.92 Å². The molecule has 1 saturated carbocycles. The van der Waals surface area contributed by atoms with Crippen LogP contribution >= 0.6 is 11.3 Å². The summed E-state index contributed by atoms with van der Waals surface area (Å²) in [5, 5.41) is 4.73. The Morgan fingerprint density at radius 3 is 2.74 bits per heavy atom. The Kier molecular flexibility index (Phi) is 4.96. The first kappa shape index (κ1) is 14.1. The summed E-state index contributed by atoms with van der Waals surface area (Å²) in [5.41, 5.74) is 0. The van der Waals surface area contributed by atoms with Gasteiger partial charge in [-0.2, -0.15) is 0 Å². The van der Waals surface area contributed by atoms with E-state index >= 15 is 0 Å². The molecule has 0 saturated heterocycles. The first-order valence-electron chi connectivity index (χ1n) is 6.65. The van der Waals surface area contributed by atoms with Crippen molar-refractivity contribution in [1.29, 1.82) is 0 Å². The lowest BCUT2D eigenvalue weighted by atomic mass is 9.87. The Morgan fingerprint density at radius 2 is 2.11 bits per heavy atom. The second-order valence-electron chi connectivity index (χ2n) is 5.08. The Labute approximate surface area is 117 Å². The first-order valence-corrected chi connectivity index (χ1v) is 7.53. The van der Waals surface area contributed by atoms with Crippen molar-refractivity contribution >= 4 is 23.2 Å². The molecule has 0 bridgehead atoms. The van der Waals surface area contributed by atoms with Gasteiger partial charge >= 0.3 is 5.97 Å².